The first-order valence-corrected chi connectivity index (χ1v) is 12.4. The Morgan fingerprint density at radius 2 is 1.29 bits per heavy atom. The Labute approximate surface area is 201 Å². The highest BCUT2D eigenvalue weighted by Gasteiger charge is 2.34. The summed E-state index contributed by atoms with van der Waals surface area (Å²) in [5.41, 5.74) is 1.59. The molecule has 0 radical (unpaired) electrons. The van der Waals surface area contributed by atoms with Gasteiger partial charge in [0.05, 0.1) is 5.60 Å². The summed E-state index contributed by atoms with van der Waals surface area (Å²) >= 11 is 0. The van der Waals surface area contributed by atoms with Gasteiger partial charge in [-0.1, -0.05) is 67.4 Å². The maximum absolute atomic E-state index is 13.0. The van der Waals surface area contributed by atoms with Crippen molar-refractivity contribution in [3.63, 3.8) is 0 Å². The van der Waals surface area contributed by atoms with Gasteiger partial charge in [0.1, 0.15) is 0 Å². The third kappa shape index (κ3) is 4.38. The van der Waals surface area contributed by atoms with Gasteiger partial charge < -0.3 is 10.0 Å². The summed E-state index contributed by atoms with van der Waals surface area (Å²) in [6.45, 7) is 3.32. The van der Waals surface area contributed by atoms with Crippen LogP contribution in [0.4, 0.5) is 0 Å². The third-order valence-corrected chi connectivity index (χ3v) is 7.46. The van der Waals surface area contributed by atoms with Crippen molar-refractivity contribution < 1.29 is 14.7 Å². The van der Waals surface area contributed by atoms with Crippen molar-refractivity contribution in [1.29, 1.82) is 0 Å². The number of carbonyl (C=O) groups excluding carboxylic acids is 2. The normalized spacial score (nSPS) is 18.0. The molecule has 2 aliphatic heterocycles. The second kappa shape index (κ2) is 9.69. The van der Waals surface area contributed by atoms with E-state index in [9.17, 15) is 14.7 Å². The molecule has 2 aliphatic rings. The summed E-state index contributed by atoms with van der Waals surface area (Å²) in [7, 11) is 0. The van der Waals surface area contributed by atoms with Crippen LogP contribution in [0.1, 0.15) is 64.8 Å². The fraction of sp³-hybridized carbons (Fsp3) is 0.379. The second-order valence-corrected chi connectivity index (χ2v) is 9.62. The van der Waals surface area contributed by atoms with Gasteiger partial charge in [-0.2, -0.15) is 0 Å². The zero-order chi connectivity index (χ0) is 23.5. The molecule has 1 N–H and O–H groups in total. The monoisotopic (exact) mass is 456 g/mol. The number of aliphatic hydroxyl groups is 1. The maximum atomic E-state index is 13.0. The number of imide groups is 1. The molecule has 1 saturated heterocycles. The first kappa shape index (κ1) is 22.8. The van der Waals surface area contributed by atoms with Crippen LogP contribution in [0.3, 0.4) is 0 Å². The molecular formula is C29H32N2O3. The Kier molecular flexibility index (Phi) is 6.48. The maximum Gasteiger partial charge on any atom is 0.261 e. The minimum atomic E-state index is -0.700. The molecule has 0 aromatic heterocycles. The summed E-state index contributed by atoms with van der Waals surface area (Å²) in [4.78, 5) is 29.8. The summed E-state index contributed by atoms with van der Waals surface area (Å²) in [6, 6.07) is 21.3. The zero-order valence-corrected chi connectivity index (χ0v) is 19.6. The molecule has 0 saturated carbocycles. The SMILES string of the molecule is O=C1c2cccc3cccc(c23)C(=O)N1CCCCCCN1CCC(O)(c2ccccc2)CC1. The number of benzene rings is 3. The molecule has 5 rings (SSSR count). The van der Waals surface area contributed by atoms with Gasteiger partial charge >= 0.3 is 0 Å². The van der Waals surface area contributed by atoms with Crippen molar-refractivity contribution in [1.82, 2.24) is 9.80 Å². The minimum absolute atomic E-state index is 0.173. The van der Waals surface area contributed by atoms with Crippen LogP contribution >= 0.6 is 0 Å². The van der Waals surface area contributed by atoms with E-state index in [4.69, 9.17) is 0 Å². The number of unbranched alkanes of at least 4 members (excludes halogenated alkanes) is 3. The largest absolute Gasteiger partial charge is 0.385 e. The van der Waals surface area contributed by atoms with E-state index in [1.54, 1.807) is 0 Å². The van der Waals surface area contributed by atoms with Gasteiger partial charge in [-0.25, -0.2) is 0 Å². The molecule has 2 amide bonds. The topological polar surface area (TPSA) is 60.9 Å². The molecule has 0 atom stereocenters. The van der Waals surface area contributed by atoms with Crippen LogP contribution in [0.2, 0.25) is 0 Å². The standard InChI is InChI=1S/C29H32N2O3/c32-27-24-14-8-10-22-11-9-15-25(26(22)24)28(33)31(27)19-7-2-1-6-18-30-20-16-29(34,17-21-30)23-12-4-3-5-13-23/h3-5,8-15,34H,1-2,6-7,16-21H2. The molecule has 5 heteroatoms. The lowest BCUT2D eigenvalue weighted by atomic mass is 9.84. The molecule has 0 unspecified atom stereocenters. The number of rotatable bonds is 8. The average molecular weight is 457 g/mol. The highest BCUT2D eigenvalue weighted by molar-refractivity contribution is 6.25. The van der Waals surface area contributed by atoms with Crippen molar-refractivity contribution in [2.45, 2.75) is 44.1 Å². The predicted molar refractivity (Wildman–Crippen MR) is 134 cm³/mol. The van der Waals surface area contributed by atoms with Gasteiger partial charge in [-0.15, -0.1) is 0 Å². The van der Waals surface area contributed by atoms with E-state index in [0.717, 1.165) is 74.5 Å². The van der Waals surface area contributed by atoms with Crippen LogP contribution in [0.25, 0.3) is 10.8 Å². The van der Waals surface area contributed by atoms with Crippen LogP contribution in [0.5, 0.6) is 0 Å². The molecule has 5 nitrogen and oxygen atoms in total. The quantitative estimate of drug-likeness (QED) is 0.384. The molecule has 2 heterocycles. The van der Waals surface area contributed by atoms with Crippen LogP contribution in [0.15, 0.2) is 66.7 Å². The molecule has 1 fully saturated rings. The number of nitrogens with zero attached hydrogens (tertiary/aromatic N) is 2. The summed E-state index contributed by atoms with van der Waals surface area (Å²) in [5.74, 6) is -0.345. The van der Waals surface area contributed by atoms with Crippen molar-refractivity contribution in [2.24, 2.45) is 0 Å². The lowest BCUT2D eigenvalue weighted by Gasteiger charge is -2.38. The van der Waals surface area contributed by atoms with E-state index >= 15 is 0 Å². The molecule has 34 heavy (non-hydrogen) atoms. The Morgan fingerprint density at radius 3 is 1.91 bits per heavy atom. The summed E-state index contributed by atoms with van der Waals surface area (Å²) < 4.78 is 0. The third-order valence-electron chi connectivity index (χ3n) is 7.46. The smallest absolute Gasteiger partial charge is 0.261 e. The number of carbonyl (C=O) groups is 2. The van der Waals surface area contributed by atoms with E-state index in [1.807, 2.05) is 66.7 Å². The number of hydrogen-bond acceptors (Lipinski definition) is 4. The van der Waals surface area contributed by atoms with E-state index in [1.165, 1.54) is 4.90 Å². The Balaban J connectivity index is 1.06. The minimum Gasteiger partial charge on any atom is -0.385 e. The van der Waals surface area contributed by atoms with Gasteiger partial charge in [0.2, 0.25) is 0 Å². The Hall–Kier alpha value is -3.02. The van der Waals surface area contributed by atoms with Crippen molar-refractivity contribution in [3.05, 3.63) is 83.4 Å². The first-order chi connectivity index (χ1) is 16.6. The molecule has 3 aromatic rings. The number of likely N-dealkylation sites (tertiary alicyclic amines) is 1. The predicted octanol–water partition coefficient (Wildman–Crippen LogP) is 4.98. The molecule has 0 spiro atoms. The van der Waals surface area contributed by atoms with Crippen LogP contribution in [-0.2, 0) is 5.60 Å². The van der Waals surface area contributed by atoms with Crippen molar-refractivity contribution in [2.75, 3.05) is 26.2 Å². The second-order valence-electron chi connectivity index (χ2n) is 9.62. The number of piperidine rings is 1. The summed E-state index contributed by atoms with van der Waals surface area (Å²) in [5, 5.41) is 12.7. The molecule has 3 aromatic carbocycles. The molecular weight excluding hydrogens is 424 g/mol. The number of hydrogen-bond donors (Lipinski definition) is 1. The Morgan fingerprint density at radius 1 is 0.706 bits per heavy atom. The first-order valence-electron chi connectivity index (χ1n) is 12.4. The van der Waals surface area contributed by atoms with E-state index in [2.05, 4.69) is 4.90 Å². The Bertz CT molecular complexity index is 1130. The van der Waals surface area contributed by atoms with E-state index in [0.29, 0.717) is 17.7 Å². The highest BCUT2D eigenvalue weighted by atomic mass is 16.3. The van der Waals surface area contributed by atoms with Crippen LogP contribution in [0, 0.1) is 0 Å². The van der Waals surface area contributed by atoms with Crippen LogP contribution in [-0.4, -0.2) is 52.9 Å². The van der Waals surface area contributed by atoms with Gasteiger partial charge in [0, 0.05) is 36.1 Å². The van der Waals surface area contributed by atoms with E-state index < -0.39 is 5.60 Å². The van der Waals surface area contributed by atoms with Gasteiger partial charge in [-0.05, 0) is 55.3 Å². The fourth-order valence-electron chi connectivity index (χ4n) is 5.43. The van der Waals surface area contributed by atoms with E-state index in [-0.39, 0.29) is 11.8 Å². The van der Waals surface area contributed by atoms with Gasteiger partial charge in [0.15, 0.2) is 0 Å². The van der Waals surface area contributed by atoms with Crippen molar-refractivity contribution in [3.8, 4) is 0 Å². The highest BCUT2D eigenvalue weighted by Crippen LogP contribution is 2.33. The van der Waals surface area contributed by atoms with Gasteiger partial charge in [-0.3, -0.25) is 14.5 Å². The molecule has 0 aliphatic carbocycles. The lowest BCUT2D eigenvalue weighted by molar-refractivity contribution is -0.0261. The summed E-state index contributed by atoms with van der Waals surface area (Å²) in [6.07, 6.45) is 5.51. The van der Waals surface area contributed by atoms with Gasteiger partial charge in [0.25, 0.3) is 11.8 Å². The zero-order valence-electron chi connectivity index (χ0n) is 19.6. The molecule has 0 bridgehead atoms. The van der Waals surface area contributed by atoms with Crippen LogP contribution < -0.4 is 0 Å². The lowest BCUT2D eigenvalue weighted by Crippen LogP contribution is -2.42. The number of amides is 2. The average Bonchev–Trinajstić information content (AvgIpc) is 2.88. The van der Waals surface area contributed by atoms with Crippen molar-refractivity contribution >= 4 is 22.6 Å². The fourth-order valence-corrected chi connectivity index (χ4v) is 5.43. The molecule has 176 valence electrons.